The van der Waals surface area contributed by atoms with Gasteiger partial charge in [-0.25, -0.2) is 4.79 Å². The van der Waals surface area contributed by atoms with Gasteiger partial charge < -0.3 is 34.7 Å². The molecular formula is C28H36N4O6S. The Morgan fingerprint density at radius 2 is 1.56 bits per heavy atom. The molecule has 0 aliphatic carbocycles. The third-order valence-corrected chi connectivity index (χ3v) is 7.40. The second-order valence-corrected chi connectivity index (χ2v) is 13.1. The Hall–Kier alpha value is -3.57. The van der Waals surface area contributed by atoms with Crippen molar-refractivity contribution < 1.29 is 33.5 Å². The summed E-state index contributed by atoms with van der Waals surface area (Å²) < 4.78 is 5.49. The molecule has 1 unspecified atom stereocenters. The molecule has 0 aromatic heterocycles. The molecule has 2 N–H and O–H groups in total. The predicted octanol–water partition coefficient (Wildman–Crippen LogP) is 1.27. The Bertz CT molecular complexity index is 1180. The molecule has 0 spiro atoms. The third kappa shape index (κ3) is 7.73. The van der Waals surface area contributed by atoms with Crippen molar-refractivity contribution in [3.05, 3.63) is 71.8 Å². The Morgan fingerprint density at radius 3 is 2.10 bits per heavy atom. The van der Waals surface area contributed by atoms with Crippen molar-refractivity contribution in [2.75, 3.05) is 28.2 Å². The number of carboxylic acid groups (broad SMARTS) is 1. The molecule has 39 heavy (non-hydrogen) atoms. The summed E-state index contributed by atoms with van der Waals surface area (Å²) in [7, 11) is 8.50. The highest BCUT2D eigenvalue weighted by Crippen LogP contribution is 2.50. The fourth-order valence-corrected chi connectivity index (χ4v) is 5.81. The number of alkyl carbamates (subject to hydrolysis) is 1. The molecule has 2 aromatic rings. The van der Waals surface area contributed by atoms with Gasteiger partial charge in [-0.2, -0.15) is 0 Å². The molecule has 2 aliphatic heterocycles. The van der Waals surface area contributed by atoms with Crippen LogP contribution in [0.25, 0.3) is 0 Å². The summed E-state index contributed by atoms with van der Waals surface area (Å²) in [6.07, 6.45) is -0.789. The molecule has 10 nitrogen and oxygen atoms in total. The van der Waals surface area contributed by atoms with Gasteiger partial charge >= 0.3 is 6.09 Å². The minimum atomic E-state index is -1.33. The zero-order valence-corrected chi connectivity index (χ0v) is 23.9. The molecule has 2 fully saturated rings. The van der Waals surface area contributed by atoms with Gasteiger partial charge in [-0.15, -0.1) is 11.8 Å². The Kier molecular flexibility index (Phi) is 9.29. The average molecular weight is 557 g/mol. The number of ether oxygens (including phenoxy) is 1. The molecule has 0 saturated carbocycles. The van der Waals surface area contributed by atoms with E-state index < -0.39 is 52.1 Å². The summed E-state index contributed by atoms with van der Waals surface area (Å²) in [4.78, 5) is 51.2. The number of amides is 3. The van der Waals surface area contributed by atoms with Crippen molar-refractivity contribution in [2.24, 2.45) is 0 Å². The van der Waals surface area contributed by atoms with Gasteiger partial charge in [-0.05, 0) is 25.0 Å². The summed E-state index contributed by atoms with van der Waals surface area (Å²) in [5.41, 5.74) is 1.30. The van der Waals surface area contributed by atoms with E-state index in [1.807, 2.05) is 30.3 Å². The van der Waals surface area contributed by atoms with Gasteiger partial charge in [0.25, 0.3) is 0 Å². The third-order valence-electron chi connectivity index (χ3n) is 5.83. The number of benzene rings is 2. The number of thioether (sulfide) groups is 1. The molecule has 4 rings (SSSR count). The number of quaternary nitrogens is 1. The van der Waals surface area contributed by atoms with Crippen LogP contribution in [0.3, 0.4) is 0 Å². The second kappa shape index (κ2) is 12.1. The SMILES string of the molecule is CC1(C)S[C@@H]2[C@H](NC(=O)C(NC(=O)OCc3ccccc3)c3ccccc3)C(=O)N2[C@H]1C(=O)[O-].C[N+](C)(C)C. The summed E-state index contributed by atoms with van der Waals surface area (Å²) >= 11 is 1.29. The van der Waals surface area contributed by atoms with Crippen molar-refractivity contribution >= 4 is 35.6 Å². The van der Waals surface area contributed by atoms with Crippen LogP contribution < -0.4 is 15.7 Å². The van der Waals surface area contributed by atoms with Gasteiger partial charge in [-0.1, -0.05) is 60.7 Å². The number of aliphatic carboxylic acids is 1. The molecular weight excluding hydrogens is 520 g/mol. The monoisotopic (exact) mass is 556 g/mol. The van der Waals surface area contributed by atoms with Crippen LogP contribution in [-0.2, 0) is 25.7 Å². The van der Waals surface area contributed by atoms with Crippen LogP contribution in [0.1, 0.15) is 31.0 Å². The highest BCUT2D eigenvalue weighted by atomic mass is 32.2. The maximum absolute atomic E-state index is 13.2. The fraction of sp³-hybridized carbons (Fsp3) is 0.429. The van der Waals surface area contributed by atoms with E-state index in [1.165, 1.54) is 16.7 Å². The number of carboxylic acids is 1. The van der Waals surface area contributed by atoms with E-state index in [2.05, 4.69) is 38.8 Å². The van der Waals surface area contributed by atoms with E-state index in [0.29, 0.717) is 5.56 Å². The van der Waals surface area contributed by atoms with Crippen molar-refractivity contribution in [3.8, 4) is 0 Å². The standard InChI is InChI=1S/C24H25N3O6S.C4H12N/c1-24(2)18(22(30)31)27-20(29)17(21(27)34-24)25-19(28)16(15-11-7-4-8-12-15)26-23(32)33-13-14-9-5-3-6-10-14;1-5(2,3)4/h3-12,16-18,21H,13H2,1-2H3,(H,25,28)(H,26,32)(H,30,31);1-4H3/q;+1/p-1/t16?,17-,18+,21-;/m1./s1. The first kappa shape index (κ1) is 30.0. The number of rotatable bonds is 7. The van der Waals surface area contributed by atoms with Gasteiger partial charge in [0, 0.05) is 4.75 Å². The Morgan fingerprint density at radius 1 is 1.03 bits per heavy atom. The van der Waals surface area contributed by atoms with Crippen molar-refractivity contribution in [1.82, 2.24) is 15.5 Å². The lowest BCUT2D eigenvalue weighted by molar-refractivity contribution is -0.849. The van der Waals surface area contributed by atoms with Crippen molar-refractivity contribution in [1.29, 1.82) is 0 Å². The minimum Gasteiger partial charge on any atom is -0.548 e. The van der Waals surface area contributed by atoms with Crippen LogP contribution in [-0.4, -0.2) is 83.7 Å². The number of nitrogens with one attached hydrogen (secondary N) is 2. The Balaban J connectivity index is 0.000000771. The quantitative estimate of drug-likeness (QED) is 0.388. The molecule has 11 heteroatoms. The lowest BCUT2D eigenvalue weighted by atomic mass is 9.95. The van der Waals surface area contributed by atoms with Crippen LogP contribution in [0.4, 0.5) is 4.79 Å². The normalized spacial score (nSPS) is 21.8. The Labute approximate surface area is 233 Å². The summed E-state index contributed by atoms with van der Waals surface area (Å²) in [6.45, 7) is 3.48. The molecule has 2 aliphatic rings. The van der Waals surface area contributed by atoms with Crippen LogP contribution in [0.2, 0.25) is 0 Å². The van der Waals surface area contributed by atoms with Gasteiger partial charge in [0.05, 0.1) is 40.2 Å². The molecule has 2 aromatic carbocycles. The maximum atomic E-state index is 13.2. The smallest absolute Gasteiger partial charge is 0.408 e. The number of β-lactam (4-membered cyclic amide) rings is 1. The van der Waals surface area contributed by atoms with Gasteiger partial charge in [0.2, 0.25) is 11.8 Å². The number of carbonyl (C=O) groups is 4. The lowest BCUT2D eigenvalue weighted by Crippen LogP contribution is -2.72. The first-order valence-corrected chi connectivity index (χ1v) is 13.4. The van der Waals surface area contributed by atoms with Crippen LogP contribution in [0, 0.1) is 0 Å². The van der Waals surface area contributed by atoms with Crippen LogP contribution in [0.5, 0.6) is 0 Å². The molecule has 0 radical (unpaired) electrons. The van der Waals surface area contributed by atoms with Gasteiger partial charge in [-0.3, -0.25) is 9.59 Å². The first-order valence-electron chi connectivity index (χ1n) is 12.5. The molecule has 210 valence electrons. The van der Waals surface area contributed by atoms with E-state index in [1.54, 1.807) is 44.2 Å². The van der Waals surface area contributed by atoms with Crippen LogP contribution >= 0.6 is 11.8 Å². The van der Waals surface area contributed by atoms with Crippen molar-refractivity contribution in [3.63, 3.8) is 0 Å². The van der Waals surface area contributed by atoms with Gasteiger partial charge in [0.15, 0.2) is 0 Å². The maximum Gasteiger partial charge on any atom is 0.408 e. The predicted molar refractivity (Wildman–Crippen MR) is 146 cm³/mol. The number of carbonyl (C=O) groups excluding carboxylic acids is 4. The molecule has 2 heterocycles. The lowest BCUT2D eigenvalue weighted by Gasteiger charge is -2.45. The average Bonchev–Trinajstić information content (AvgIpc) is 3.12. The largest absolute Gasteiger partial charge is 0.548 e. The number of hydrogen-bond donors (Lipinski definition) is 2. The number of fused-ring (bicyclic) bond motifs is 1. The highest BCUT2D eigenvalue weighted by molar-refractivity contribution is 8.01. The van der Waals surface area contributed by atoms with E-state index in [9.17, 15) is 24.3 Å². The summed E-state index contributed by atoms with van der Waals surface area (Å²) in [5, 5.41) is 16.3. The van der Waals surface area contributed by atoms with E-state index in [4.69, 9.17) is 4.74 Å². The summed E-state index contributed by atoms with van der Waals surface area (Å²) in [6, 6.07) is 14.6. The van der Waals surface area contributed by atoms with E-state index in [-0.39, 0.29) is 6.61 Å². The molecule has 4 atom stereocenters. The van der Waals surface area contributed by atoms with E-state index in [0.717, 1.165) is 10.0 Å². The molecule has 2 saturated heterocycles. The molecule has 3 amide bonds. The number of hydrogen-bond acceptors (Lipinski definition) is 7. The topological polar surface area (TPSA) is 128 Å². The summed E-state index contributed by atoms with van der Waals surface area (Å²) in [5.74, 6) is -2.43. The van der Waals surface area contributed by atoms with E-state index >= 15 is 0 Å². The second-order valence-electron chi connectivity index (χ2n) is 11.3. The first-order chi connectivity index (χ1) is 18.2. The van der Waals surface area contributed by atoms with Crippen molar-refractivity contribution in [2.45, 2.75) is 48.7 Å². The fourth-order valence-electron chi connectivity index (χ4n) is 4.19. The van der Waals surface area contributed by atoms with Crippen LogP contribution in [0.15, 0.2) is 60.7 Å². The zero-order valence-electron chi connectivity index (χ0n) is 23.0. The number of nitrogens with zero attached hydrogens (tertiary/aromatic N) is 2. The zero-order chi connectivity index (χ0) is 29.0. The highest BCUT2D eigenvalue weighted by Gasteiger charge is 2.62. The minimum absolute atomic E-state index is 0.0320. The molecule has 0 bridgehead atoms. The van der Waals surface area contributed by atoms with Gasteiger partial charge in [0.1, 0.15) is 24.1 Å².